The van der Waals surface area contributed by atoms with Crippen molar-refractivity contribution < 1.29 is 0 Å². The number of hydrogen-bond acceptors (Lipinski definition) is 3. The number of thiophene rings is 1. The zero-order valence-electron chi connectivity index (χ0n) is 13.3. The second kappa shape index (κ2) is 6.10. The molecule has 2 heterocycles. The van der Waals surface area contributed by atoms with Crippen molar-refractivity contribution >= 4 is 11.3 Å². The van der Waals surface area contributed by atoms with Crippen LogP contribution >= 0.6 is 11.3 Å². The van der Waals surface area contributed by atoms with Crippen LogP contribution in [-0.2, 0) is 13.5 Å². The van der Waals surface area contributed by atoms with Crippen molar-refractivity contribution in [2.24, 2.45) is 7.05 Å². The predicted octanol–water partition coefficient (Wildman–Crippen LogP) is 3.69. The average Bonchev–Trinajstić information content (AvgIpc) is 2.84. The van der Waals surface area contributed by atoms with Gasteiger partial charge < -0.3 is 5.32 Å². The summed E-state index contributed by atoms with van der Waals surface area (Å²) in [6, 6.07) is 5.23. The summed E-state index contributed by atoms with van der Waals surface area (Å²) in [5.41, 5.74) is 3.72. The van der Waals surface area contributed by atoms with E-state index in [0.29, 0.717) is 12.1 Å². The van der Waals surface area contributed by atoms with Gasteiger partial charge in [0, 0.05) is 40.1 Å². The molecule has 2 atom stereocenters. The van der Waals surface area contributed by atoms with Crippen LogP contribution in [0.5, 0.6) is 0 Å². The molecule has 0 amide bonds. The van der Waals surface area contributed by atoms with Crippen molar-refractivity contribution in [2.75, 3.05) is 0 Å². The Hall–Kier alpha value is -1.13. The maximum Gasteiger partial charge on any atom is 0.0644 e. The Kier molecular flexibility index (Phi) is 4.66. The van der Waals surface area contributed by atoms with E-state index in [-0.39, 0.29) is 0 Å². The van der Waals surface area contributed by atoms with Gasteiger partial charge in [0.25, 0.3) is 0 Å². The minimum absolute atomic E-state index is 0.333. The number of aryl methyl sites for hydroxylation is 3. The van der Waals surface area contributed by atoms with Gasteiger partial charge in [-0.2, -0.15) is 5.10 Å². The number of nitrogens with one attached hydrogen (secondary N) is 1. The van der Waals surface area contributed by atoms with Gasteiger partial charge in [-0.3, -0.25) is 4.68 Å². The van der Waals surface area contributed by atoms with E-state index < -0.39 is 0 Å². The highest BCUT2D eigenvalue weighted by atomic mass is 32.1. The fourth-order valence-electron chi connectivity index (χ4n) is 2.88. The van der Waals surface area contributed by atoms with Crippen molar-refractivity contribution in [2.45, 2.75) is 53.1 Å². The Bertz CT molecular complexity index is 583. The lowest BCUT2D eigenvalue weighted by atomic mass is 10.0. The molecule has 0 aliphatic heterocycles. The van der Waals surface area contributed by atoms with E-state index >= 15 is 0 Å². The topological polar surface area (TPSA) is 29.9 Å². The molecule has 0 spiro atoms. The number of rotatable bonds is 5. The van der Waals surface area contributed by atoms with E-state index in [9.17, 15) is 0 Å². The van der Waals surface area contributed by atoms with Crippen LogP contribution in [0.3, 0.4) is 0 Å². The molecule has 0 aliphatic carbocycles. The summed E-state index contributed by atoms with van der Waals surface area (Å²) in [5.74, 6) is 0. The third-order valence-electron chi connectivity index (χ3n) is 3.84. The lowest BCUT2D eigenvalue weighted by molar-refractivity contribution is 0.476. The third kappa shape index (κ3) is 3.30. The Morgan fingerprint density at radius 3 is 2.45 bits per heavy atom. The summed E-state index contributed by atoms with van der Waals surface area (Å²) in [6.45, 7) is 10.9. The molecule has 2 aromatic rings. The van der Waals surface area contributed by atoms with Crippen LogP contribution < -0.4 is 5.32 Å². The summed E-state index contributed by atoms with van der Waals surface area (Å²) >= 11 is 1.89. The van der Waals surface area contributed by atoms with Crippen LogP contribution in [0, 0.1) is 20.8 Å². The Morgan fingerprint density at radius 2 is 1.95 bits per heavy atom. The molecule has 0 saturated heterocycles. The smallest absolute Gasteiger partial charge is 0.0644 e. The first-order chi connectivity index (χ1) is 9.38. The van der Waals surface area contributed by atoms with Gasteiger partial charge in [-0.15, -0.1) is 11.3 Å². The van der Waals surface area contributed by atoms with E-state index in [0.717, 1.165) is 12.1 Å². The molecular formula is C16H25N3S. The van der Waals surface area contributed by atoms with Gasteiger partial charge in [-0.05, 0) is 53.2 Å². The van der Waals surface area contributed by atoms with E-state index in [1.54, 1.807) is 0 Å². The quantitative estimate of drug-likeness (QED) is 0.910. The van der Waals surface area contributed by atoms with E-state index in [1.165, 1.54) is 21.0 Å². The summed E-state index contributed by atoms with van der Waals surface area (Å²) in [5, 5.41) is 8.21. The highest BCUT2D eigenvalue weighted by Crippen LogP contribution is 2.22. The molecule has 20 heavy (non-hydrogen) atoms. The molecule has 0 bridgehead atoms. The fourth-order valence-corrected chi connectivity index (χ4v) is 3.90. The number of hydrogen-bond donors (Lipinski definition) is 1. The first kappa shape index (κ1) is 15.3. The molecule has 0 aliphatic rings. The molecule has 110 valence electrons. The molecule has 1 N–H and O–H groups in total. The van der Waals surface area contributed by atoms with Gasteiger partial charge in [0.15, 0.2) is 0 Å². The van der Waals surface area contributed by atoms with Gasteiger partial charge in [-0.1, -0.05) is 0 Å². The molecule has 3 nitrogen and oxygen atoms in total. The molecular weight excluding hydrogens is 266 g/mol. The Morgan fingerprint density at radius 1 is 1.25 bits per heavy atom. The molecule has 0 saturated carbocycles. The van der Waals surface area contributed by atoms with Crippen molar-refractivity contribution in [3.8, 4) is 0 Å². The minimum Gasteiger partial charge on any atom is -0.307 e. The second-order valence-corrected chi connectivity index (χ2v) is 7.09. The molecule has 0 aromatic carbocycles. The number of nitrogens with zero attached hydrogens (tertiary/aromatic N) is 2. The largest absolute Gasteiger partial charge is 0.307 e. The number of aromatic nitrogens is 2. The van der Waals surface area contributed by atoms with E-state index in [2.05, 4.69) is 57.2 Å². The lowest BCUT2D eigenvalue weighted by Crippen LogP contribution is -2.31. The normalized spacial score (nSPS) is 14.5. The highest BCUT2D eigenvalue weighted by molar-refractivity contribution is 7.11. The van der Waals surface area contributed by atoms with Crippen LogP contribution in [-0.4, -0.2) is 15.8 Å². The maximum absolute atomic E-state index is 4.51. The van der Waals surface area contributed by atoms with Gasteiger partial charge in [0.05, 0.1) is 5.69 Å². The lowest BCUT2D eigenvalue weighted by Gasteiger charge is -2.20. The molecule has 2 unspecified atom stereocenters. The van der Waals surface area contributed by atoms with Crippen molar-refractivity contribution in [1.29, 1.82) is 0 Å². The van der Waals surface area contributed by atoms with Crippen LogP contribution in [0.2, 0.25) is 0 Å². The van der Waals surface area contributed by atoms with Crippen LogP contribution in [0.25, 0.3) is 0 Å². The van der Waals surface area contributed by atoms with Crippen molar-refractivity contribution in [3.63, 3.8) is 0 Å². The summed E-state index contributed by atoms with van der Waals surface area (Å²) < 4.78 is 1.97. The molecule has 0 fully saturated rings. The van der Waals surface area contributed by atoms with E-state index in [4.69, 9.17) is 0 Å². The van der Waals surface area contributed by atoms with Crippen LogP contribution in [0.4, 0.5) is 0 Å². The van der Waals surface area contributed by atoms with Crippen LogP contribution in [0.15, 0.2) is 12.1 Å². The van der Waals surface area contributed by atoms with Crippen molar-refractivity contribution in [3.05, 3.63) is 38.8 Å². The van der Waals surface area contributed by atoms with Gasteiger partial charge >= 0.3 is 0 Å². The summed E-state index contributed by atoms with van der Waals surface area (Å²) in [4.78, 5) is 2.84. The van der Waals surface area contributed by atoms with Crippen molar-refractivity contribution in [1.82, 2.24) is 15.1 Å². The van der Waals surface area contributed by atoms with Crippen LogP contribution in [0.1, 0.15) is 46.6 Å². The summed E-state index contributed by atoms with van der Waals surface area (Å²) in [6.07, 6.45) is 1.08. The Labute approximate surface area is 126 Å². The molecule has 4 heteroatoms. The zero-order chi connectivity index (χ0) is 14.9. The minimum atomic E-state index is 0.333. The van der Waals surface area contributed by atoms with E-state index in [1.807, 2.05) is 23.1 Å². The second-order valence-electron chi connectivity index (χ2n) is 5.71. The Balaban J connectivity index is 2.01. The standard InChI is InChI=1S/C16H25N3S/c1-10(9-15-8-7-11(2)20-15)17-12(3)16-13(4)18-19(6)14(16)5/h7-8,10,12,17H,9H2,1-6H3. The monoisotopic (exact) mass is 291 g/mol. The van der Waals surface area contributed by atoms with Gasteiger partial charge in [0.2, 0.25) is 0 Å². The first-order valence-electron chi connectivity index (χ1n) is 7.20. The van der Waals surface area contributed by atoms with Gasteiger partial charge in [-0.25, -0.2) is 0 Å². The molecule has 0 radical (unpaired) electrons. The first-order valence-corrected chi connectivity index (χ1v) is 8.01. The van der Waals surface area contributed by atoms with Gasteiger partial charge in [0.1, 0.15) is 0 Å². The SMILES string of the molecule is Cc1ccc(CC(C)NC(C)c2c(C)nn(C)c2C)s1. The fraction of sp³-hybridized carbons (Fsp3) is 0.562. The maximum atomic E-state index is 4.51. The highest BCUT2D eigenvalue weighted by Gasteiger charge is 2.18. The molecule has 2 aromatic heterocycles. The predicted molar refractivity (Wildman–Crippen MR) is 86.5 cm³/mol. The zero-order valence-corrected chi connectivity index (χ0v) is 14.1. The average molecular weight is 291 g/mol. The summed E-state index contributed by atoms with van der Waals surface area (Å²) in [7, 11) is 2.01. The molecule has 2 rings (SSSR count). The third-order valence-corrected chi connectivity index (χ3v) is 4.86.